The first-order valence-electron chi connectivity index (χ1n) is 7.29. The van der Waals surface area contributed by atoms with Crippen LogP contribution in [0, 0.1) is 0 Å². The van der Waals surface area contributed by atoms with Gasteiger partial charge in [-0.15, -0.1) is 0 Å². The van der Waals surface area contributed by atoms with Crippen molar-refractivity contribution < 1.29 is 14.7 Å². The molecule has 2 amide bonds. The SMILES string of the molecule is NC(=O)C1(NC(=O)CC2(O)CCCC2)CCCCC1. The summed E-state index contributed by atoms with van der Waals surface area (Å²) in [6.07, 6.45) is 7.49. The molecule has 2 rings (SSSR count). The minimum Gasteiger partial charge on any atom is -0.389 e. The Morgan fingerprint density at radius 3 is 2.05 bits per heavy atom. The van der Waals surface area contributed by atoms with Gasteiger partial charge in [-0.2, -0.15) is 0 Å². The molecule has 0 unspecified atom stereocenters. The molecule has 5 nitrogen and oxygen atoms in total. The Bertz CT molecular complexity index is 356. The Kier molecular flexibility index (Phi) is 4.13. The molecule has 0 aromatic rings. The smallest absolute Gasteiger partial charge is 0.243 e. The number of hydrogen-bond donors (Lipinski definition) is 3. The van der Waals surface area contributed by atoms with Crippen molar-refractivity contribution >= 4 is 11.8 Å². The highest BCUT2D eigenvalue weighted by Crippen LogP contribution is 2.33. The van der Waals surface area contributed by atoms with E-state index >= 15 is 0 Å². The van der Waals surface area contributed by atoms with Gasteiger partial charge >= 0.3 is 0 Å². The van der Waals surface area contributed by atoms with E-state index in [1.54, 1.807) is 0 Å². The molecule has 0 aromatic heterocycles. The van der Waals surface area contributed by atoms with Gasteiger partial charge < -0.3 is 16.2 Å². The van der Waals surface area contributed by atoms with Crippen LogP contribution in [0.3, 0.4) is 0 Å². The van der Waals surface area contributed by atoms with Gasteiger partial charge in [-0.05, 0) is 25.7 Å². The molecule has 2 fully saturated rings. The molecule has 19 heavy (non-hydrogen) atoms. The summed E-state index contributed by atoms with van der Waals surface area (Å²) < 4.78 is 0. The van der Waals surface area contributed by atoms with E-state index < -0.39 is 17.0 Å². The van der Waals surface area contributed by atoms with Gasteiger partial charge in [-0.1, -0.05) is 32.1 Å². The second-order valence-electron chi connectivity index (χ2n) is 6.16. The summed E-state index contributed by atoms with van der Waals surface area (Å²) in [5.74, 6) is -0.691. The highest BCUT2D eigenvalue weighted by molar-refractivity contribution is 5.90. The van der Waals surface area contributed by atoms with Gasteiger partial charge in [0, 0.05) is 0 Å². The van der Waals surface area contributed by atoms with Crippen LogP contribution in [0.15, 0.2) is 0 Å². The molecule has 0 aromatic carbocycles. The summed E-state index contributed by atoms with van der Waals surface area (Å²) in [4.78, 5) is 23.8. The summed E-state index contributed by atoms with van der Waals surface area (Å²) in [5.41, 5.74) is 3.71. The lowest BCUT2D eigenvalue weighted by Gasteiger charge is -2.36. The number of hydrogen-bond acceptors (Lipinski definition) is 3. The number of aliphatic hydroxyl groups is 1. The number of nitrogens with one attached hydrogen (secondary N) is 1. The van der Waals surface area contributed by atoms with Crippen LogP contribution >= 0.6 is 0 Å². The van der Waals surface area contributed by atoms with Crippen LogP contribution in [-0.4, -0.2) is 28.1 Å². The van der Waals surface area contributed by atoms with Gasteiger partial charge in [-0.3, -0.25) is 9.59 Å². The second-order valence-corrected chi connectivity index (χ2v) is 6.16. The highest BCUT2D eigenvalue weighted by atomic mass is 16.3. The molecule has 0 bridgehead atoms. The zero-order chi connectivity index (χ0) is 13.9. The van der Waals surface area contributed by atoms with Crippen LogP contribution < -0.4 is 11.1 Å². The van der Waals surface area contributed by atoms with Gasteiger partial charge in [0.05, 0.1) is 12.0 Å². The number of nitrogens with two attached hydrogens (primary N) is 1. The van der Waals surface area contributed by atoms with Gasteiger partial charge in [-0.25, -0.2) is 0 Å². The largest absolute Gasteiger partial charge is 0.389 e. The maximum atomic E-state index is 12.1. The summed E-state index contributed by atoms with van der Waals surface area (Å²) >= 11 is 0. The van der Waals surface area contributed by atoms with Crippen LogP contribution in [0.4, 0.5) is 0 Å². The number of carbonyl (C=O) groups excluding carboxylic acids is 2. The van der Waals surface area contributed by atoms with Crippen molar-refractivity contribution in [3.05, 3.63) is 0 Å². The number of amides is 2. The topological polar surface area (TPSA) is 92.4 Å². The van der Waals surface area contributed by atoms with Gasteiger partial charge in [0.2, 0.25) is 11.8 Å². The molecule has 4 N–H and O–H groups in total. The molecular formula is C14H24N2O3. The van der Waals surface area contributed by atoms with Crippen molar-refractivity contribution in [1.82, 2.24) is 5.32 Å². The third-order valence-corrected chi connectivity index (χ3v) is 4.58. The molecule has 0 aliphatic heterocycles. The molecule has 0 atom stereocenters. The lowest BCUT2D eigenvalue weighted by Crippen LogP contribution is -2.59. The third kappa shape index (κ3) is 3.26. The molecule has 2 aliphatic carbocycles. The minimum atomic E-state index is -0.885. The first-order valence-corrected chi connectivity index (χ1v) is 7.29. The van der Waals surface area contributed by atoms with Gasteiger partial charge in [0.15, 0.2) is 0 Å². The molecular weight excluding hydrogens is 244 g/mol. The van der Waals surface area contributed by atoms with Crippen LogP contribution in [-0.2, 0) is 9.59 Å². The van der Waals surface area contributed by atoms with Crippen LogP contribution in [0.1, 0.15) is 64.2 Å². The Morgan fingerprint density at radius 1 is 1.00 bits per heavy atom. The van der Waals surface area contributed by atoms with E-state index in [9.17, 15) is 14.7 Å². The number of primary amides is 1. The highest BCUT2D eigenvalue weighted by Gasteiger charge is 2.41. The number of rotatable bonds is 4. The molecule has 2 saturated carbocycles. The fourth-order valence-electron chi connectivity index (χ4n) is 3.41. The molecule has 0 heterocycles. The standard InChI is InChI=1S/C14H24N2O3/c15-12(18)14(8-2-1-3-9-14)16-11(17)10-13(19)6-4-5-7-13/h19H,1-10H2,(H2,15,18)(H,16,17). The summed E-state index contributed by atoms with van der Waals surface area (Å²) in [6.45, 7) is 0. The first-order chi connectivity index (χ1) is 8.96. The van der Waals surface area contributed by atoms with Crippen molar-refractivity contribution in [2.45, 2.75) is 75.3 Å². The van der Waals surface area contributed by atoms with E-state index in [1.165, 1.54) is 0 Å². The number of carbonyl (C=O) groups is 2. The minimum absolute atomic E-state index is 0.0853. The van der Waals surface area contributed by atoms with E-state index in [0.717, 1.165) is 32.1 Å². The summed E-state index contributed by atoms with van der Waals surface area (Å²) in [6, 6.07) is 0. The monoisotopic (exact) mass is 268 g/mol. The maximum Gasteiger partial charge on any atom is 0.243 e. The Balaban J connectivity index is 1.97. The zero-order valence-corrected chi connectivity index (χ0v) is 11.4. The van der Waals surface area contributed by atoms with Crippen LogP contribution in [0.2, 0.25) is 0 Å². The fraction of sp³-hybridized carbons (Fsp3) is 0.857. The van der Waals surface area contributed by atoms with E-state index in [-0.39, 0.29) is 12.3 Å². The Hall–Kier alpha value is -1.10. The van der Waals surface area contributed by atoms with E-state index in [4.69, 9.17) is 5.73 Å². The van der Waals surface area contributed by atoms with Gasteiger partial charge in [0.1, 0.15) is 5.54 Å². The predicted molar refractivity (Wildman–Crippen MR) is 71.2 cm³/mol. The molecule has 0 saturated heterocycles. The van der Waals surface area contributed by atoms with Crippen molar-refractivity contribution in [3.63, 3.8) is 0 Å². The average Bonchev–Trinajstić information content (AvgIpc) is 2.76. The van der Waals surface area contributed by atoms with Crippen molar-refractivity contribution in [2.24, 2.45) is 5.73 Å². The molecule has 0 radical (unpaired) electrons. The third-order valence-electron chi connectivity index (χ3n) is 4.58. The van der Waals surface area contributed by atoms with Crippen molar-refractivity contribution in [3.8, 4) is 0 Å². The van der Waals surface area contributed by atoms with E-state index in [1.807, 2.05) is 0 Å². The van der Waals surface area contributed by atoms with E-state index in [2.05, 4.69) is 5.32 Å². The van der Waals surface area contributed by atoms with E-state index in [0.29, 0.717) is 25.7 Å². The van der Waals surface area contributed by atoms with Crippen LogP contribution in [0.5, 0.6) is 0 Å². The second kappa shape index (κ2) is 5.49. The first kappa shape index (κ1) is 14.3. The lowest BCUT2D eigenvalue weighted by atomic mass is 9.80. The molecule has 108 valence electrons. The summed E-state index contributed by atoms with van der Waals surface area (Å²) in [5, 5.41) is 13.0. The molecule has 2 aliphatic rings. The van der Waals surface area contributed by atoms with Crippen molar-refractivity contribution in [1.29, 1.82) is 0 Å². The van der Waals surface area contributed by atoms with Crippen LogP contribution in [0.25, 0.3) is 0 Å². The zero-order valence-electron chi connectivity index (χ0n) is 11.4. The predicted octanol–water partition coefficient (Wildman–Crippen LogP) is 0.986. The van der Waals surface area contributed by atoms with Crippen molar-refractivity contribution in [2.75, 3.05) is 0 Å². The van der Waals surface area contributed by atoms with Gasteiger partial charge in [0.25, 0.3) is 0 Å². The normalized spacial score (nSPS) is 24.9. The average molecular weight is 268 g/mol. The molecule has 0 spiro atoms. The molecule has 5 heteroatoms. The Labute approximate surface area is 113 Å². The Morgan fingerprint density at radius 2 is 1.53 bits per heavy atom. The quantitative estimate of drug-likeness (QED) is 0.709. The lowest BCUT2D eigenvalue weighted by molar-refractivity contribution is -0.135. The fourth-order valence-corrected chi connectivity index (χ4v) is 3.41. The summed E-state index contributed by atoms with van der Waals surface area (Å²) in [7, 11) is 0. The maximum absolute atomic E-state index is 12.1.